The van der Waals surface area contributed by atoms with Gasteiger partial charge in [-0.05, 0) is 43.2 Å². The molecule has 0 aliphatic carbocycles. The molecule has 0 spiro atoms. The number of hydrogen-bond acceptors (Lipinski definition) is 3. The number of aromatic nitrogens is 2. The highest BCUT2D eigenvalue weighted by atomic mass is 32.2. The molecule has 0 N–H and O–H groups in total. The maximum absolute atomic E-state index is 13.1. The van der Waals surface area contributed by atoms with Crippen molar-refractivity contribution in [2.75, 3.05) is 10.8 Å². The summed E-state index contributed by atoms with van der Waals surface area (Å²) in [7, 11) is -3.72. The van der Waals surface area contributed by atoms with Crippen LogP contribution < -0.4 is 4.31 Å². The van der Waals surface area contributed by atoms with E-state index in [0.717, 1.165) is 17.7 Å². The third kappa shape index (κ3) is 3.30. The smallest absolute Gasteiger partial charge is 0.265 e. The average Bonchev–Trinajstić information content (AvgIpc) is 3.14. The van der Waals surface area contributed by atoms with Crippen molar-refractivity contribution in [2.45, 2.75) is 25.3 Å². The largest absolute Gasteiger partial charge is 0.283 e. The quantitative estimate of drug-likeness (QED) is 0.678. The summed E-state index contributed by atoms with van der Waals surface area (Å²) in [5, 5.41) is 4.33. The van der Waals surface area contributed by atoms with Crippen molar-refractivity contribution in [3.05, 3.63) is 72.4 Å². The molecule has 130 valence electrons. The summed E-state index contributed by atoms with van der Waals surface area (Å²) >= 11 is 0. The molecule has 0 bridgehead atoms. The van der Waals surface area contributed by atoms with Gasteiger partial charge in [0.2, 0.25) is 0 Å². The maximum Gasteiger partial charge on any atom is 0.283 e. The number of aryl methyl sites for hydroxylation is 1. The van der Waals surface area contributed by atoms with Crippen LogP contribution in [0.15, 0.2) is 71.9 Å². The molecule has 0 amide bonds. The molecule has 0 aliphatic heterocycles. The van der Waals surface area contributed by atoms with Crippen molar-refractivity contribution < 1.29 is 8.42 Å². The van der Waals surface area contributed by atoms with Crippen molar-refractivity contribution in [1.82, 2.24) is 9.78 Å². The maximum atomic E-state index is 13.1. The molecule has 3 rings (SSSR count). The van der Waals surface area contributed by atoms with Crippen molar-refractivity contribution in [2.24, 2.45) is 0 Å². The monoisotopic (exact) mass is 355 g/mol. The number of para-hydroxylation sites is 2. The van der Waals surface area contributed by atoms with Gasteiger partial charge >= 0.3 is 0 Å². The van der Waals surface area contributed by atoms with E-state index < -0.39 is 10.0 Å². The highest BCUT2D eigenvalue weighted by Gasteiger charge is 2.27. The Morgan fingerprint density at radius 1 is 0.960 bits per heavy atom. The van der Waals surface area contributed by atoms with Crippen LogP contribution in [0.1, 0.15) is 19.4 Å². The Bertz CT molecular complexity index is 950. The van der Waals surface area contributed by atoms with E-state index in [-0.39, 0.29) is 5.03 Å². The molecule has 5 nitrogen and oxygen atoms in total. The lowest BCUT2D eigenvalue weighted by Crippen LogP contribution is -2.32. The van der Waals surface area contributed by atoms with E-state index in [4.69, 9.17) is 0 Å². The molecular weight excluding hydrogens is 334 g/mol. The van der Waals surface area contributed by atoms with Gasteiger partial charge in [0.15, 0.2) is 5.03 Å². The minimum Gasteiger partial charge on any atom is -0.265 e. The summed E-state index contributed by atoms with van der Waals surface area (Å²) in [6, 6.07) is 18.6. The molecule has 0 saturated heterocycles. The predicted molar refractivity (Wildman–Crippen MR) is 99.6 cm³/mol. The first kappa shape index (κ1) is 17.2. The number of rotatable bonds is 6. The number of nitrogens with zero attached hydrogens (tertiary/aromatic N) is 3. The van der Waals surface area contributed by atoms with E-state index in [0.29, 0.717) is 12.2 Å². The van der Waals surface area contributed by atoms with Crippen molar-refractivity contribution in [3.8, 4) is 5.69 Å². The van der Waals surface area contributed by atoms with Crippen molar-refractivity contribution in [1.29, 1.82) is 0 Å². The van der Waals surface area contributed by atoms with Gasteiger partial charge < -0.3 is 0 Å². The SMILES string of the molecule is CCc1ccccc1N(CC)S(=O)(=O)c1ccn(-c2ccccc2)n1. The van der Waals surface area contributed by atoms with Crippen LogP contribution >= 0.6 is 0 Å². The van der Waals surface area contributed by atoms with Crippen LogP contribution in [0.3, 0.4) is 0 Å². The van der Waals surface area contributed by atoms with E-state index in [1.54, 1.807) is 16.9 Å². The van der Waals surface area contributed by atoms with E-state index in [2.05, 4.69) is 5.10 Å². The molecule has 0 fully saturated rings. The zero-order chi connectivity index (χ0) is 17.9. The summed E-state index contributed by atoms with van der Waals surface area (Å²) in [4.78, 5) is 0. The van der Waals surface area contributed by atoms with Crippen molar-refractivity contribution >= 4 is 15.7 Å². The Morgan fingerprint density at radius 3 is 2.32 bits per heavy atom. The molecule has 3 aromatic rings. The molecule has 0 saturated carbocycles. The molecule has 0 unspecified atom stereocenters. The molecule has 25 heavy (non-hydrogen) atoms. The van der Waals surface area contributed by atoms with Crippen LogP contribution in [0.4, 0.5) is 5.69 Å². The number of benzene rings is 2. The molecule has 0 radical (unpaired) electrons. The van der Waals surface area contributed by atoms with Gasteiger partial charge in [-0.25, -0.2) is 4.68 Å². The first-order valence-electron chi connectivity index (χ1n) is 8.29. The molecule has 6 heteroatoms. The van der Waals surface area contributed by atoms with E-state index >= 15 is 0 Å². The normalized spacial score (nSPS) is 11.4. The topological polar surface area (TPSA) is 55.2 Å². The summed E-state index contributed by atoms with van der Waals surface area (Å²) in [5.41, 5.74) is 2.53. The summed E-state index contributed by atoms with van der Waals surface area (Å²) in [6.07, 6.45) is 2.43. The van der Waals surface area contributed by atoms with Gasteiger partial charge in [0.1, 0.15) is 0 Å². The van der Waals surface area contributed by atoms with Gasteiger partial charge in [-0.15, -0.1) is 0 Å². The van der Waals surface area contributed by atoms with Crippen LogP contribution in [0, 0.1) is 0 Å². The molecule has 1 heterocycles. The Morgan fingerprint density at radius 2 is 1.64 bits per heavy atom. The number of hydrogen-bond donors (Lipinski definition) is 0. The molecule has 0 atom stereocenters. The molecule has 0 aliphatic rings. The van der Waals surface area contributed by atoms with Gasteiger partial charge in [-0.1, -0.05) is 43.3 Å². The van der Waals surface area contributed by atoms with Gasteiger partial charge in [-0.2, -0.15) is 13.5 Å². The second-order valence-corrected chi connectivity index (χ2v) is 7.40. The lowest BCUT2D eigenvalue weighted by atomic mass is 10.1. The van der Waals surface area contributed by atoms with Gasteiger partial charge in [0, 0.05) is 12.7 Å². The van der Waals surface area contributed by atoms with Crippen molar-refractivity contribution in [3.63, 3.8) is 0 Å². The van der Waals surface area contributed by atoms with E-state index in [9.17, 15) is 8.42 Å². The lowest BCUT2D eigenvalue weighted by Gasteiger charge is -2.24. The van der Waals surface area contributed by atoms with Gasteiger partial charge in [-0.3, -0.25) is 4.31 Å². The fourth-order valence-electron chi connectivity index (χ4n) is 2.81. The molecular formula is C19H21N3O2S. The average molecular weight is 355 g/mol. The molecule has 1 aromatic heterocycles. The van der Waals surface area contributed by atoms with Crippen LogP contribution in [-0.4, -0.2) is 24.7 Å². The van der Waals surface area contributed by atoms with Crippen LogP contribution in [-0.2, 0) is 16.4 Å². The Hall–Kier alpha value is -2.60. The second-order valence-electron chi connectivity index (χ2n) is 5.59. The highest BCUT2D eigenvalue weighted by molar-refractivity contribution is 7.92. The highest BCUT2D eigenvalue weighted by Crippen LogP contribution is 2.26. The summed E-state index contributed by atoms with van der Waals surface area (Å²) < 4.78 is 29.2. The molecule has 2 aromatic carbocycles. The Kier molecular flexibility index (Phi) is 4.90. The first-order valence-corrected chi connectivity index (χ1v) is 9.73. The van der Waals surface area contributed by atoms with Crippen LogP contribution in [0.2, 0.25) is 0 Å². The van der Waals surface area contributed by atoms with Crippen LogP contribution in [0.5, 0.6) is 0 Å². The zero-order valence-electron chi connectivity index (χ0n) is 14.3. The first-order chi connectivity index (χ1) is 12.1. The minimum absolute atomic E-state index is 0.0455. The lowest BCUT2D eigenvalue weighted by molar-refractivity contribution is 0.586. The summed E-state index contributed by atoms with van der Waals surface area (Å²) in [5.74, 6) is 0. The van der Waals surface area contributed by atoms with Gasteiger partial charge in [0.05, 0.1) is 11.4 Å². The van der Waals surface area contributed by atoms with Gasteiger partial charge in [0.25, 0.3) is 10.0 Å². The second kappa shape index (κ2) is 7.11. The standard InChI is InChI=1S/C19H21N3O2S/c1-3-16-10-8-9-13-18(16)22(4-2)25(23,24)19-14-15-21(20-19)17-11-6-5-7-12-17/h5-15H,3-4H2,1-2H3. The van der Waals surface area contributed by atoms with E-state index in [1.165, 1.54) is 4.31 Å². The predicted octanol–water partition coefficient (Wildman–Crippen LogP) is 3.65. The fourth-order valence-corrected chi connectivity index (χ4v) is 4.23. The zero-order valence-corrected chi connectivity index (χ0v) is 15.1. The summed E-state index contributed by atoms with van der Waals surface area (Å²) in [6.45, 7) is 4.19. The number of sulfonamides is 1. The Balaban J connectivity index is 2.02. The van der Waals surface area contributed by atoms with Crippen LogP contribution in [0.25, 0.3) is 5.69 Å². The fraction of sp³-hybridized carbons (Fsp3) is 0.211. The Labute approximate surface area is 148 Å². The third-order valence-corrected chi connectivity index (χ3v) is 5.85. The minimum atomic E-state index is -3.72. The number of anilines is 1. The third-order valence-electron chi connectivity index (χ3n) is 4.07. The van der Waals surface area contributed by atoms with E-state index in [1.807, 2.05) is 68.4 Å².